The normalized spacial score (nSPS) is 31.6. The van der Waals surface area contributed by atoms with Gasteiger partial charge in [-0.3, -0.25) is 4.90 Å². The van der Waals surface area contributed by atoms with Gasteiger partial charge in [0.1, 0.15) is 0 Å². The Morgan fingerprint density at radius 1 is 1.10 bits per heavy atom. The number of rotatable bonds is 7. The van der Waals surface area contributed by atoms with Gasteiger partial charge in [0.2, 0.25) is 0 Å². The first-order chi connectivity index (χ1) is 9.88. The Hall–Kier alpha value is -0.0800. The van der Waals surface area contributed by atoms with Gasteiger partial charge in [0.25, 0.3) is 0 Å². The highest BCUT2D eigenvalue weighted by Gasteiger charge is 2.49. The van der Waals surface area contributed by atoms with Crippen molar-refractivity contribution in [3.63, 3.8) is 0 Å². The van der Waals surface area contributed by atoms with E-state index in [1.807, 2.05) is 0 Å². The van der Waals surface area contributed by atoms with E-state index in [2.05, 4.69) is 44.8 Å². The average molecular weight is 295 g/mol. The summed E-state index contributed by atoms with van der Waals surface area (Å²) in [5.74, 6) is 0.946. The minimum absolute atomic E-state index is 0.366. The average Bonchev–Trinajstić information content (AvgIpc) is 3.24. The monoisotopic (exact) mass is 294 g/mol. The van der Waals surface area contributed by atoms with Crippen LogP contribution in [0.3, 0.4) is 0 Å². The topological polar surface area (TPSA) is 15.3 Å². The fraction of sp³-hybridized carbons (Fsp3) is 1.00. The molecule has 21 heavy (non-hydrogen) atoms. The van der Waals surface area contributed by atoms with Gasteiger partial charge in [-0.05, 0) is 44.1 Å². The van der Waals surface area contributed by atoms with Crippen LogP contribution in [0.4, 0.5) is 0 Å². The van der Waals surface area contributed by atoms with Gasteiger partial charge >= 0.3 is 0 Å². The molecule has 2 atom stereocenters. The van der Waals surface area contributed by atoms with Crippen LogP contribution in [-0.2, 0) is 0 Å². The Kier molecular flexibility index (Phi) is 5.76. The van der Waals surface area contributed by atoms with Gasteiger partial charge in [-0.15, -0.1) is 0 Å². The van der Waals surface area contributed by atoms with Gasteiger partial charge in [0, 0.05) is 24.7 Å². The smallest absolute Gasteiger partial charge is 0.0334 e. The summed E-state index contributed by atoms with van der Waals surface area (Å²) in [6, 6.07) is 0.639. The molecule has 0 bridgehead atoms. The van der Waals surface area contributed by atoms with Gasteiger partial charge < -0.3 is 5.32 Å². The van der Waals surface area contributed by atoms with Crippen LogP contribution in [0.2, 0.25) is 0 Å². The van der Waals surface area contributed by atoms with Gasteiger partial charge in [-0.2, -0.15) is 0 Å². The largest absolute Gasteiger partial charge is 0.310 e. The number of nitrogens with one attached hydrogen (secondary N) is 1. The maximum absolute atomic E-state index is 3.87. The van der Waals surface area contributed by atoms with Gasteiger partial charge in [-0.1, -0.05) is 53.4 Å². The molecule has 0 aromatic carbocycles. The summed E-state index contributed by atoms with van der Waals surface area (Å²) in [7, 11) is 0. The third-order valence-corrected chi connectivity index (χ3v) is 5.87. The Labute approximate surface area is 133 Å². The molecule has 1 saturated heterocycles. The van der Waals surface area contributed by atoms with Crippen molar-refractivity contribution in [1.82, 2.24) is 10.2 Å². The third-order valence-electron chi connectivity index (χ3n) is 5.87. The summed E-state index contributed by atoms with van der Waals surface area (Å²) in [4.78, 5) is 2.85. The number of unbranched alkanes of at least 4 members (excludes halogenated alkanes) is 4. The van der Waals surface area contributed by atoms with Crippen LogP contribution in [0.1, 0.15) is 79.6 Å². The molecule has 2 nitrogen and oxygen atoms in total. The number of hydrogen-bond donors (Lipinski definition) is 1. The van der Waals surface area contributed by atoms with E-state index in [9.17, 15) is 0 Å². The second kappa shape index (κ2) is 7.00. The highest BCUT2D eigenvalue weighted by atomic mass is 15.3. The lowest BCUT2D eigenvalue weighted by atomic mass is 9.81. The molecule has 2 fully saturated rings. The van der Waals surface area contributed by atoms with E-state index in [4.69, 9.17) is 0 Å². The highest BCUT2D eigenvalue weighted by Crippen LogP contribution is 2.45. The van der Waals surface area contributed by atoms with E-state index in [0.29, 0.717) is 17.0 Å². The van der Waals surface area contributed by atoms with Crippen LogP contribution in [0.25, 0.3) is 0 Å². The molecular weight excluding hydrogens is 256 g/mol. The standard InChI is InChI=1S/C19H38N2/c1-6-7-8-9-10-13-21-14-17(18(2,3)4)20-15-19(21,5)16-11-12-16/h16-17,20H,6-15H2,1-5H3. The first-order valence-electron chi connectivity index (χ1n) is 9.36. The van der Waals surface area contributed by atoms with E-state index < -0.39 is 0 Å². The molecule has 0 amide bonds. The first kappa shape index (κ1) is 17.3. The summed E-state index contributed by atoms with van der Waals surface area (Å²) < 4.78 is 0. The Morgan fingerprint density at radius 3 is 2.33 bits per heavy atom. The molecule has 1 N–H and O–H groups in total. The summed E-state index contributed by atoms with van der Waals surface area (Å²) in [6.07, 6.45) is 9.88. The predicted molar refractivity (Wildman–Crippen MR) is 92.7 cm³/mol. The first-order valence-corrected chi connectivity index (χ1v) is 9.36. The lowest BCUT2D eigenvalue weighted by Gasteiger charge is -2.51. The fourth-order valence-corrected chi connectivity index (χ4v) is 3.88. The Morgan fingerprint density at radius 2 is 1.76 bits per heavy atom. The van der Waals surface area contributed by atoms with Crippen molar-refractivity contribution < 1.29 is 0 Å². The van der Waals surface area contributed by atoms with Crippen LogP contribution >= 0.6 is 0 Å². The molecule has 1 aliphatic heterocycles. The second-order valence-electron chi connectivity index (χ2n) is 8.79. The molecule has 1 heterocycles. The van der Waals surface area contributed by atoms with Gasteiger partial charge in [0.05, 0.1) is 0 Å². The molecule has 0 aromatic rings. The minimum Gasteiger partial charge on any atom is -0.310 e. The van der Waals surface area contributed by atoms with E-state index in [1.165, 1.54) is 64.6 Å². The fourth-order valence-electron chi connectivity index (χ4n) is 3.88. The summed E-state index contributed by atoms with van der Waals surface area (Å²) in [6.45, 7) is 15.7. The van der Waals surface area contributed by atoms with Crippen LogP contribution in [0.15, 0.2) is 0 Å². The SMILES string of the molecule is CCCCCCCN1CC(C(C)(C)C)NCC1(C)C1CC1. The zero-order chi connectivity index (χ0) is 15.5. The second-order valence-corrected chi connectivity index (χ2v) is 8.79. The summed E-state index contributed by atoms with van der Waals surface area (Å²) >= 11 is 0. The molecular formula is C19H38N2. The van der Waals surface area contributed by atoms with Crippen molar-refractivity contribution in [1.29, 1.82) is 0 Å². The van der Waals surface area contributed by atoms with Crippen molar-refractivity contribution in [2.45, 2.75) is 91.1 Å². The molecule has 0 aromatic heterocycles. The Bertz CT molecular complexity index is 316. The quantitative estimate of drug-likeness (QED) is 0.698. The summed E-state index contributed by atoms with van der Waals surface area (Å²) in [5, 5.41) is 3.87. The maximum atomic E-state index is 3.87. The molecule has 1 saturated carbocycles. The van der Waals surface area contributed by atoms with Crippen LogP contribution in [0, 0.1) is 11.3 Å². The number of hydrogen-bond acceptors (Lipinski definition) is 2. The van der Waals surface area contributed by atoms with Crippen molar-refractivity contribution in [3.8, 4) is 0 Å². The maximum Gasteiger partial charge on any atom is 0.0334 e. The molecule has 0 spiro atoms. The van der Waals surface area contributed by atoms with Crippen LogP contribution in [0.5, 0.6) is 0 Å². The van der Waals surface area contributed by atoms with Gasteiger partial charge in [-0.25, -0.2) is 0 Å². The Balaban J connectivity index is 1.90. The molecule has 2 rings (SSSR count). The molecule has 2 heteroatoms. The molecule has 0 radical (unpaired) electrons. The van der Waals surface area contributed by atoms with Crippen molar-refractivity contribution in [3.05, 3.63) is 0 Å². The van der Waals surface area contributed by atoms with Crippen LogP contribution in [-0.4, -0.2) is 36.1 Å². The van der Waals surface area contributed by atoms with Crippen molar-refractivity contribution >= 4 is 0 Å². The molecule has 2 unspecified atom stereocenters. The lowest BCUT2D eigenvalue weighted by Crippen LogP contribution is -2.66. The van der Waals surface area contributed by atoms with E-state index in [0.717, 1.165) is 5.92 Å². The minimum atomic E-state index is 0.366. The van der Waals surface area contributed by atoms with Crippen molar-refractivity contribution in [2.75, 3.05) is 19.6 Å². The third kappa shape index (κ3) is 4.45. The van der Waals surface area contributed by atoms with E-state index >= 15 is 0 Å². The number of piperazine rings is 1. The zero-order valence-electron chi connectivity index (χ0n) is 15.2. The zero-order valence-corrected chi connectivity index (χ0v) is 15.2. The van der Waals surface area contributed by atoms with E-state index in [1.54, 1.807) is 0 Å². The highest BCUT2D eigenvalue weighted by molar-refractivity contribution is 5.06. The van der Waals surface area contributed by atoms with E-state index in [-0.39, 0.29) is 0 Å². The van der Waals surface area contributed by atoms with Crippen molar-refractivity contribution in [2.24, 2.45) is 11.3 Å². The molecule has 1 aliphatic carbocycles. The molecule has 124 valence electrons. The number of nitrogens with zero attached hydrogens (tertiary/aromatic N) is 1. The van der Waals surface area contributed by atoms with Crippen LogP contribution < -0.4 is 5.32 Å². The predicted octanol–water partition coefficient (Wildman–Crippen LogP) is 4.45. The molecule has 2 aliphatic rings. The summed E-state index contributed by atoms with van der Waals surface area (Å²) in [5.41, 5.74) is 0.790. The van der Waals surface area contributed by atoms with Gasteiger partial charge in [0.15, 0.2) is 0 Å². The lowest BCUT2D eigenvalue weighted by molar-refractivity contribution is 0.00937.